The van der Waals surface area contributed by atoms with Gasteiger partial charge in [-0.05, 0) is 33.6 Å². The molecule has 0 bridgehead atoms. The van der Waals surface area contributed by atoms with Crippen molar-refractivity contribution in [3.8, 4) is 23.0 Å². The molecule has 0 fully saturated rings. The third-order valence-corrected chi connectivity index (χ3v) is 3.09. The van der Waals surface area contributed by atoms with Crippen molar-refractivity contribution in [2.24, 2.45) is 0 Å². The smallest absolute Gasteiger partial charge is 0.207 e. The van der Waals surface area contributed by atoms with Gasteiger partial charge in [-0.15, -0.1) is 0 Å². The maximum absolute atomic E-state index is 10.2. The lowest BCUT2D eigenvalue weighted by Gasteiger charge is -2.17. The topological polar surface area (TPSA) is 58.9 Å². The van der Waals surface area contributed by atoms with E-state index in [1.807, 2.05) is 13.8 Å². The molecule has 0 aromatic heterocycles. The van der Waals surface area contributed by atoms with E-state index in [9.17, 15) is 10.2 Å². The largest absolute Gasteiger partial charge is 0.504 e. The Labute approximate surface area is 114 Å². The van der Waals surface area contributed by atoms with Crippen LogP contribution in [0.5, 0.6) is 23.0 Å². The van der Waals surface area contributed by atoms with Crippen LogP contribution in [0.1, 0.15) is 31.4 Å². The molecule has 1 rings (SSSR count). The van der Waals surface area contributed by atoms with Crippen molar-refractivity contribution in [1.82, 2.24) is 0 Å². The number of phenolic OH excluding ortho intramolecular Hbond substituents is 2. The fraction of sp³-hybridized carbons (Fsp3) is 0.467. The van der Waals surface area contributed by atoms with Crippen LogP contribution in [0.2, 0.25) is 0 Å². The molecule has 0 spiro atoms. The van der Waals surface area contributed by atoms with Crippen molar-refractivity contribution in [2.45, 2.75) is 33.6 Å². The number of allylic oxidation sites excluding steroid dienone is 2. The minimum Gasteiger partial charge on any atom is -0.504 e. The van der Waals surface area contributed by atoms with Gasteiger partial charge < -0.3 is 19.7 Å². The molecule has 19 heavy (non-hydrogen) atoms. The van der Waals surface area contributed by atoms with Crippen LogP contribution in [-0.2, 0) is 6.42 Å². The second-order valence-electron chi connectivity index (χ2n) is 4.69. The fourth-order valence-corrected chi connectivity index (χ4v) is 2.03. The Balaban J connectivity index is 3.25. The van der Waals surface area contributed by atoms with Gasteiger partial charge in [0.2, 0.25) is 11.5 Å². The average molecular weight is 266 g/mol. The summed E-state index contributed by atoms with van der Waals surface area (Å²) in [5.41, 5.74) is 2.53. The molecule has 0 aliphatic heterocycles. The first-order valence-corrected chi connectivity index (χ1v) is 6.22. The predicted octanol–water partition coefficient (Wildman–Crippen LogP) is 3.32. The highest BCUT2D eigenvalue weighted by Crippen LogP contribution is 2.48. The molecule has 0 saturated carbocycles. The van der Waals surface area contributed by atoms with E-state index in [1.54, 1.807) is 6.92 Å². The second kappa shape index (κ2) is 6.36. The van der Waals surface area contributed by atoms with Crippen LogP contribution < -0.4 is 9.47 Å². The summed E-state index contributed by atoms with van der Waals surface area (Å²) in [6.45, 7) is 5.81. The first-order chi connectivity index (χ1) is 8.93. The van der Waals surface area contributed by atoms with E-state index in [0.29, 0.717) is 17.5 Å². The molecule has 0 unspecified atom stereocenters. The quantitative estimate of drug-likeness (QED) is 0.634. The SMILES string of the molecule is COc1c(O)c(C)c(CCC=C(C)C)c(O)c1OC. The number of phenols is 2. The summed E-state index contributed by atoms with van der Waals surface area (Å²) in [5.74, 6) is 0.405. The van der Waals surface area contributed by atoms with Crippen molar-refractivity contribution in [1.29, 1.82) is 0 Å². The van der Waals surface area contributed by atoms with E-state index in [0.717, 1.165) is 6.42 Å². The number of hydrogen-bond donors (Lipinski definition) is 2. The first kappa shape index (κ1) is 15.2. The van der Waals surface area contributed by atoms with E-state index in [4.69, 9.17) is 9.47 Å². The van der Waals surface area contributed by atoms with Crippen molar-refractivity contribution in [3.05, 3.63) is 22.8 Å². The summed E-state index contributed by atoms with van der Waals surface area (Å²) in [5, 5.41) is 20.3. The number of rotatable bonds is 5. The molecule has 0 saturated heterocycles. The highest BCUT2D eigenvalue weighted by Gasteiger charge is 2.22. The zero-order valence-corrected chi connectivity index (χ0v) is 12.2. The van der Waals surface area contributed by atoms with Gasteiger partial charge in [0.05, 0.1) is 14.2 Å². The first-order valence-electron chi connectivity index (χ1n) is 6.22. The average Bonchev–Trinajstić information content (AvgIpc) is 2.37. The van der Waals surface area contributed by atoms with Crippen molar-refractivity contribution in [2.75, 3.05) is 14.2 Å². The molecule has 1 aromatic carbocycles. The summed E-state index contributed by atoms with van der Waals surface area (Å²) < 4.78 is 10.2. The van der Waals surface area contributed by atoms with Crippen LogP contribution in [0.25, 0.3) is 0 Å². The van der Waals surface area contributed by atoms with Crippen LogP contribution in [0.4, 0.5) is 0 Å². The van der Waals surface area contributed by atoms with E-state index >= 15 is 0 Å². The predicted molar refractivity (Wildman–Crippen MR) is 75.4 cm³/mol. The molecule has 0 aliphatic rings. The van der Waals surface area contributed by atoms with Crippen LogP contribution in [0.3, 0.4) is 0 Å². The van der Waals surface area contributed by atoms with Gasteiger partial charge in [0.15, 0.2) is 11.5 Å². The van der Waals surface area contributed by atoms with Gasteiger partial charge in [-0.25, -0.2) is 0 Å². The molecular formula is C15H22O4. The van der Waals surface area contributed by atoms with Gasteiger partial charge in [-0.1, -0.05) is 11.6 Å². The van der Waals surface area contributed by atoms with Gasteiger partial charge in [0.25, 0.3) is 0 Å². The molecular weight excluding hydrogens is 244 g/mol. The molecule has 0 amide bonds. The summed E-state index contributed by atoms with van der Waals surface area (Å²) in [4.78, 5) is 0. The molecule has 0 radical (unpaired) electrons. The maximum atomic E-state index is 10.2. The van der Waals surface area contributed by atoms with Crippen molar-refractivity contribution >= 4 is 0 Å². The van der Waals surface area contributed by atoms with Gasteiger partial charge >= 0.3 is 0 Å². The van der Waals surface area contributed by atoms with Gasteiger partial charge in [-0.2, -0.15) is 0 Å². The lowest BCUT2D eigenvalue weighted by atomic mass is 9.99. The Bertz CT molecular complexity index is 486. The minimum atomic E-state index is 0.0179. The normalized spacial score (nSPS) is 10.2. The second-order valence-corrected chi connectivity index (χ2v) is 4.69. The third kappa shape index (κ3) is 3.13. The molecule has 0 heterocycles. The van der Waals surface area contributed by atoms with E-state index in [2.05, 4.69) is 6.08 Å². The lowest BCUT2D eigenvalue weighted by Crippen LogP contribution is -1.98. The van der Waals surface area contributed by atoms with E-state index in [-0.39, 0.29) is 23.0 Å². The molecule has 2 N–H and O–H groups in total. The number of hydrogen-bond acceptors (Lipinski definition) is 4. The summed E-state index contributed by atoms with van der Waals surface area (Å²) in [6.07, 6.45) is 3.52. The van der Waals surface area contributed by atoms with Crippen LogP contribution in [0, 0.1) is 6.92 Å². The Morgan fingerprint density at radius 2 is 1.58 bits per heavy atom. The Kier molecular flexibility index (Phi) is 5.10. The Hall–Kier alpha value is -1.84. The zero-order chi connectivity index (χ0) is 14.6. The minimum absolute atomic E-state index is 0.0179. The summed E-state index contributed by atoms with van der Waals surface area (Å²) in [6, 6.07) is 0. The zero-order valence-electron chi connectivity index (χ0n) is 12.2. The monoisotopic (exact) mass is 266 g/mol. The van der Waals surface area contributed by atoms with E-state index in [1.165, 1.54) is 19.8 Å². The van der Waals surface area contributed by atoms with Crippen molar-refractivity contribution in [3.63, 3.8) is 0 Å². The molecule has 106 valence electrons. The van der Waals surface area contributed by atoms with Gasteiger partial charge in [0.1, 0.15) is 0 Å². The fourth-order valence-electron chi connectivity index (χ4n) is 2.03. The van der Waals surface area contributed by atoms with Gasteiger partial charge in [0, 0.05) is 11.1 Å². The third-order valence-electron chi connectivity index (χ3n) is 3.09. The molecule has 4 heteroatoms. The van der Waals surface area contributed by atoms with E-state index < -0.39 is 0 Å². The molecule has 1 aromatic rings. The number of benzene rings is 1. The number of methoxy groups -OCH3 is 2. The number of ether oxygens (including phenoxy) is 2. The van der Waals surface area contributed by atoms with Crippen LogP contribution in [-0.4, -0.2) is 24.4 Å². The molecule has 0 aliphatic carbocycles. The standard InChI is InChI=1S/C15H22O4/c1-9(2)7-6-8-11-10(3)12(16)14(18-4)15(19-5)13(11)17/h7,16-17H,6,8H2,1-5H3. The molecule has 4 nitrogen and oxygen atoms in total. The highest BCUT2D eigenvalue weighted by molar-refractivity contribution is 5.65. The Morgan fingerprint density at radius 3 is 2.05 bits per heavy atom. The summed E-state index contributed by atoms with van der Waals surface area (Å²) >= 11 is 0. The van der Waals surface area contributed by atoms with Gasteiger partial charge in [-0.3, -0.25) is 0 Å². The Morgan fingerprint density at radius 1 is 1.05 bits per heavy atom. The van der Waals surface area contributed by atoms with Crippen LogP contribution in [0.15, 0.2) is 11.6 Å². The number of aromatic hydroxyl groups is 2. The lowest BCUT2D eigenvalue weighted by molar-refractivity contribution is 0.313. The molecule has 0 atom stereocenters. The highest BCUT2D eigenvalue weighted by atomic mass is 16.5. The van der Waals surface area contributed by atoms with Crippen LogP contribution >= 0.6 is 0 Å². The van der Waals surface area contributed by atoms with Crippen molar-refractivity contribution < 1.29 is 19.7 Å². The maximum Gasteiger partial charge on any atom is 0.207 e. The summed E-state index contributed by atoms with van der Waals surface area (Å²) in [7, 11) is 2.87.